The quantitative estimate of drug-likeness (QED) is 0.649. The molecule has 2 aromatic heterocycles. The minimum Gasteiger partial charge on any atom is -0.285 e. The van der Waals surface area contributed by atoms with Crippen LogP contribution in [0.5, 0.6) is 0 Å². The zero-order chi connectivity index (χ0) is 10.3. The Morgan fingerprint density at radius 1 is 1.27 bits per heavy atom. The number of nitrogens with one attached hydrogen (secondary N) is 1. The van der Waals surface area contributed by atoms with Crippen LogP contribution >= 0.6 is 0 Å². The van der Waals surface area contributed by atoms with E-state index in [4.69, 9.17) is 0 Å². The van der Waals surface area contributed by atoms with E-state index in [1.807, 2.05) is 30.1 Å². The summed E-state index contributed by atoms with van der Waals surface area (Å²) in [4.78, 5) is 0. The second-order valence-electron chi connectivity index (χ2n) is 3.48. The van der Waals surface area contributed by atoms with Crippen LogP contribution in [0, 0.1) is 0 Å². The lowest BCUT2D eigenvalue weighted by Crippen LogP contribution is -1.88. The molecule has 0 fully saturated rings. The van der Waals surface area contributed by atoms with Gasteiger partial charge in [-0.25, -0.2) is 0 Å². The van der Waals surface area contributed by atoms with Crippen molar-refractivity contribution in [3.63, 3.8) is 0 Å². The Hall–Kier alpha value is -2.10. The highest BCUT2D eigenvalue weighted by Crippen LogP contribution is 2.26. The van der Waals surface area contributed by atoms with Crippen LogP contribution in [-0.4, -0.2) is 20.0 Å². The Balaban J connectivity index is 2.37. The van der Waals surface area contributed by atoms with E-state index in [-0.39, 0.29) is 0 Å². The van der Waals surface area contributed by atoms with E-state index in [1.54, 1.807) is 6.20 Å². The third-order valence-electron chi connectivity index (χ3n) is 2.53. The molecule has 0 aliphatic rings. The summed E-state index contributed by atoms with van der Waals surface area (Å²) in [5.74, 6) is 0. The molecule has 4 nitrogen and oxygen atoms in total. The average Bonchev–Trinajstić information content (AvgIpc) is 2.87. The summed E-state index contributed by atoms with van der Waals surface area (Å²) in [5, 5.41) is 12.4. The molecule has 3 aromatic rings. The standard InChI is InChI=1S/C11H10N4/c1-15-10-5-3-2-4-9(10)11(14-15)8-6-12-13-7-8/h2-7H,1H3,(H,12,13). The van der Waals surface area contributed by atoms with E-state index in [2.05, 4.69) is 27.4 Å². The number of nitrogens with zero attached hydrogens (tertiary/aromatic N) is 3. The molecule has 0 bridgehead atoms. The van der Waals surface area contributed by atoms with Gasteiger partial charge in [0.2, 0.25) is 0 Å². The number of benzene rings is 1. The van der Waals surface area contributed by atoms with Crippen molar-refractivity contribution in [2.75, 3.05) is 0 Å². The molecular weight excluding hydrogens is 188 g/mol. The predicted octanol–water partition coefficient (Wildman–Crippen LogP) is 1.96. The largest absolute Gasteiger partial charge is 0.285 e. The summed E-state index contributed by atoms with van der Waals surface area (Å²) in [6.45, 7) is 0. The molecule has 0 atom stereocenters. The Labute approximate surface area is 86.5 Å². The molecule has 0 spiro atoms. The fraction of sp³-hybridized carbons (Fsp3) is 0.0909. The van der Waals surface area contributed by atoms with Gasteiger partial charge >= 0.3 is 0 Å². The van der Waals surface area contributed by atoms with Crippen molar-refractivity contribution >= 4 is 10.9 Å². The van der Waals surface area contributed by atoms with Crippen LogP contribution in [0.25, 0.3) is 22.2 Å². The molecule has 0 radical (unpaired) electrons. The molecule has 0 aliphatic carbocycles. The van der Waals surface area contributed by atoms with Crippen LogP contribution in [-0.2, 0) is 7.05 Å². The zero-order valence-corrected chi connectivity index (χ0v) is 8.31. The first-order chi connectivity index (χ1) is 7.36. The molecule has 1 aromatic carbocycles. The number of aromatic amines is 1. The first-order valence-corrected chi connectivity index (χ1v) is 4.77. The number of fused-ring (bicyclic) bond motifs is 1. The summed E-state index contributed by atoms with van der Waals surface area (Å²) < 4.78 is 1.89. The lowest BCUT2D eigenvalue weighted by atomic mass is 10.1. The first-order valence-electron chi connectivity index (χ1n) is 4.77. The van der Waals surface area contributed by atoms with Gasteiger partial charge in [0.25, 0.3) is 0 Å². The van der Waals surface area contributed by atoms with Gasteiger partial charge in [-0.05, 0) is 6.07 Å². The van der Waals surface area contributed by atoms with E-state index in [1.165, 1.54) is 0 Å². The summed E-state index contributed by atoms with van der Waals surface area (Å²) in [6.07, 6.45) is 3.64. The number of rotatable bonds is 1. The number of hydrogen-bond acceptors (Lipinski definition) is 2. The smallest absolute Gasteiger partial charge is 0.103 e. The molecule has 0 unspecified atom stereocenters. The average molecular weight is 198 g/mol. The number of aryl methyl sites for hydroxylation is 1. The highest BCUT2D eigenvalue weighted by Gasteiger charge is 2.09. The summed E-state index contributed by atoms with van der Waals surface area (Å²) in [7, 11) is 1.95. The number of para-hydroxylation sites is 1. The molecule has 0 saturated heterocycles. The maximum atomic E-state index is 4.49. The van der Waals surface area contributed by atoms with E-state index in [0.717, 1.165) is 22.2 Å². The second kappa shape index (κ2) is 2.95. The maximum absolute atomic E-state index is 4.49. The molecule has 0 saturated carbocycles. The van der Waals surface area contributed by atoms with Gasteiger partial charge in [-0.2, -0.15) is 10.2 Å². The minimum atomic E-state index is 0.974. The zero-order valence-electron chi connectivity index (χ0n) is 8.31. The fourth-order valence-corrected chi connectivity index (χ4v) is 1.81. The van der Waals surface area contributed by atoms with Crippen molar-refractivity contribution in [2.45, 2.75) is 0 Å². The number of aromatic nitrogens is 4. The van der Waals surface area contributed by atoms with Crippen molar-refractivity contribution in [3.05, 3.63) is 36.7 Å². The third kappa shape index (κ3) is 1.15. The van der Waals surface area contributed by atoms with Gasteiger partial charge in [-0.3, -0.25) is 9.78 Å². The Morgan fingerprint density at radius 3 is 2.93 bits per heavy atom. The number of H-pyrrole nitrogens is 1. The van der Waals surface area contributed by atoms with Gasteiger partial charge < -0.3 is 0 Å². The molecule has 1 N–H and O–H groups in total. The van der Waals surface area contributed by atoms with Crippen molar-refractivity contribution in [1.29, 1.82) is 0 Å². The predicted molar refractivity (Wildman–Crippen MR) is 58.3 cm³/mol. The van der Waals surface area contributed by atoms with Crippen molar-refractivity contribution in [1.82, 2.24) is 20.0 Å². The SMILES string of the molecule is Cn1nc(-c2cn[nH]c2)c2ccccc21. The molecule has 4 heteroatoms. The Kier molecular flexibility index (Phi) is 1.62. The molecule has 0 aliphatic heterocycles. The van der Waals surface area contributed by atoms with Crippen molar-refractivity contribution in [2.24, 2.45) is 7.05 Å². The topological polar surface area (TPSA) is 46.5 Å². The van der Waals surface area contributed by atoms with Crippen LogP contribution in [0.4, 0.5) is 0 Å². The Morgan fingerprint density at radius 2 is 2.13 bits per heavy atom. The summed E-state index contributed by atoms with van der Waals surface area (Å²) >= 11 is 0. The van der Waals surface area contributed by atoms with E-state index in [9.17, 15) is 0 Å². The highest BCUT2D eigenvalue weighted by molar-refractivity contribution is 5.92. The minimum absolute atomic E-state index is 0.974. The summed E-state index contributed by atoms with van der Waals surface area (Å²) in [6, 6.07) is 8.17. The normalized spacial score (nSPS) is 11.0. The maximum Gasteiger partial charge on any atom is 0.103 e. The Bertz CT molecular complexity index is 592. The van der Waals surface area contributed by atoms with Gasteiger partial charge in [0.1, 0.15) is 5.69 Å². The molecule has 2 heterocycles. The second-order valence-corrected chi connectivity index (χ2v) is 3.48. The summed E-state index contributed by atoms with van der Waals surface area (Å²) in [5.41, 5.74) is 3.13. The monoisotopic (exact) mass is 198 g/mol. The van der Waals surface area contributed by atoms with Crippen molar-refractivity contribution < 1.29 is 0 Å². The fourth-order valence-electron chi connectivity index (χ4n) is 1.81. The lowest BCUT2D eigenvalue weighted by molar-refractivity contribution is 0.800. The van der Waals surface area contributed by atoms with E-state index in [0.29, 0.717) is 0 Å². The van der Waals surface area contributed by atoms with Gasteiger partial charge in [0.05, 0.1) is 11.7 Å². The lowest BCUT2D eigenvalue weighted by Gasteiger charge is -1.90. The van der Waals surface area contributed by atoms with Gasteiger partial charge in [0.15, 0.2) is 0 Å². The molecular formula is C11H10N4. The van der Waals surface area contributed by atoms with E-state index >= 15 is 0 Å². The highest BCUT2D eigenvalue weighted by atomic mass is 15.3. The van der Waals surface area contributed by atoms with Crippen LogP contribution in [0.1, 0.15) is 0 Å². The van der Waals surface area contributed by atoms with Gasteiger partial charge in [-0.1, -0.05) is 18.2 Å². The van der Waals surface area contributed by atoms with Crippen LogP contribution in [0.15, 0.2) is 36.7 Å². The van der Waals surface area contributed by atoms with Gasteiger partial charge in [0, 0.05) is 24.2 Å². The molecule has 3 rings (SSSR count). The van der Waals surface area contributed by atoms with E-state index < -0.39 is 0 Å². The van der Waals surface area contributed by atoms with Crippen molar-refractivity contribution in [3.8, 4) is 11.3 Å². The molecule has 0 amide bonds. The van der Waals surface area contributed by atoms with Crippen LogP contribution in [0.3, 0.4) is 0 Å². The molecule has 74 valence electrons. The molecule has 15 heavy (non-hydrogen) atoms. The first kappa shape index (κ1) is 8.23. The number of hydrogen-bond donors (Lipinski definition) is 1. The van der Waals surface area contributed by atoms with Gasteiger partial charge in [-0.15, -0.1) is 0 Å². The van der Waals surface area contributed by atoms with Crippen LogP contribution in [0.2, 0.25) is 0 Å². The third-order valence-corrected chi connectivity index (χ3v) is 2.53. The van der Waals surface area contributed by atoms with Crippen LogP contribution < -0.4 is 0 Å².